The molecule has 0 radical (unpaired) electrons. The molecule has 0 aromatic heterocycles. The first-order valence-electron chi connectivity index (χ1n) is 9.32. The molecule has 4 nitrogen and oxygen atoms in total. The van der Waals surface area contributed by atoms with E-state index in [0.717, 1.165) is 19.4 Å². The lowest BCUT2D eigenvalue weighted by Crippen LogP contribution is -2.42. The summed E-state index contributed by atoms with van der Waals surface area (Å²) in [6, 6.07) is 18.6. The molecule has 1 N–H and O–H groups in total. The van der Waals surface area contributed by atoms with Gasteiger partial charge in [0.1, 0.15) is 6.10 Å². The average molecular weight is 351 g/mol. The third-order valence-corrected chi connectivity index (χ3v) is 5.86. The number of likely N-dealkylation sites (tertiary alicyclic amines) is 1. The van der Waals surface area contributed by atoms with Crippen molar-refractivity contribution >= 4 is 5.97 Å². The van der Waals surface area contributed by atoms with Gasteiger partial charge in [0.25, 0.3) is 0 Å². The molecule has 1 aliphatic heterocycles. The summed E-state index contributed by atoms with van der Waals surface area (Å²) in [5.41, 5.74) is -0.718. The second-order valence-corrected chi connectivity index (χ2v) is 7.64. The summed E-state index contributed by atoms with van der Waals surface area (Å²) in [6.07, 6.45) is 2.78. The quantitative estimate of drug-likeness (QED) is 0.861. The molecule has 0 spiro atoms. The number of nitrogens with zero attached hydrogens (tertiary/aromatic N) is 1. The second kappa shape index (κ2) is 6.86. The van der Waals surface area contributed by atoms with Crippen molar-refractivity contribution < 1.29 is 14.6 Å². The van der Waals surface area contributed by atoms with Crippen LogP contribution in [-0.4, -0.2) is 41.7 Å². The van der Waals surface area contributed by atoms with Crippen LogP contribution in [0.2, 0.25) is 0 Å². The fourth-order valence-electron chi connectivity index (χ4n) is 4.51. The Labute approximate surface area is 154 Å². The van der Waals surface area contributed by atoms with Gasteiger partial charge in [-0.2, -0.15) is 0 Å². The number of fused-ring (bicyclic) bond motifs is 2. The van der Waals surface area contributed by atoms with Gasteiger partial charge in [-0.05, 0) is 43.4 Å². The number of carbonyl (C=O) groups excluding carboxylic acids is 1. The molecule has 2 aromatic carbocycles. The van der Waals surface area contributed by atoms with E-state index in [1.165, 1.54) is 6.42 Å². The van der Waals surface area contributed by atoms with Crippen LogP contribution in [0.5, 0.6) is 0 Å². The highest BCUT2D eigenvalue weighted by molar-refractivity contribution is 5.85. The van der Waals surface area contributed by atoms with Crippen LogP contribution in [0.3, 0.4) is 0 Å². The van der Waals surface area contributed by atoms with Crippen LogP contribution in [0.15, 0.2) is 60.7 Å². The fourth-order valence-corrected chi connectivity index (χ4v) is 4.51. The molecule has 0 amide bonds. The largest absolute Gasteiger partial charge is 0.460 e. The predicted octanol–water partition coefficient (Wildman–Crippen LogP) is 2.95. The maximum Gasteiger partial charge on any atom is 0.347 e. The van der Waals surface area contributed by atoms with E-state index in [4.69, 9.17) is 4.74 Å². The summed E-state index contributed by atoms with van der Waals surface area (Å²) in [4.78, 5) is 15.5. The summed E-state index contributed by atoms with van der Waals surface area (Å²) in [5, 5.41) is 11.5. The van der Waals surface area contributed by atoms with Crippen molar-refractivity contribution in [1.82, 2.24) is 4.90 Å². The summed E-state index contributed by atoms with van der Waals surface area (Å²) >= 11 is 0. The van der Waals surface area contributed by atoms with Crippen LogP contribution in [0.1, 0.15) is 30.4 Å². The van der Waals surface area contributed by atoms with E-state index in [2.05, 4.69) is 11.9 Å². The van der Waals surface area contributed by atoms with Gasteiger partial charge in [0.15, 0.2) is 0 Å². The zero-order valence-electron chi connectivity index (χ0n) is 15.0. The van der Waals surface area contributed by atoms with Crippen LogP contribution < -0.4 is 0 Å². The van der Waals surface area contributed by atoms with Gasteiger partial charge in [-0.1, -0.05) is 60.7 Å². The first kappa shape index (κ1) is 17.3. The number of esters is 1. The van der Waals surface area contributed by atoms with E-state index in [0.29, 0.717) is 23.1 Å². The zero-order valence-corrected chi connectivity index (χ0v) is 15.0. The van der Waals surface area contributed by atoms with Gasteiger partial charge in [-0.15, -0.1) is 0 Å². The van der Waals surface area contributed by atoms with Crippen LogP contribution >= 0.6 is 0 Å². The Balaban J connectivity index is 1.61. The number of carbonyl (C=O) groups is 1. The molecular weight excluding hydrogens is 326 g/mol. The molecule has 4 rings (SSSR count). The Hall–Kier alpha value is -2.17. The van der Waals surface area contributed by atoms with Crippen LogP contribution in [0, 0.1) is 5.92 Å². The lowest BCUT2D eigenvalue weighted by Gasteiger charge is -2.32. The SMILES string of the molecule is CN1CC2CC(OC(=O)C(O)(c3ccccc3)c3ccccc3)CC1C2. The standard InChI is InChI=1S/C22H25NO3/c1-23-15-16-12-19(23)14-20(13-16)26-21(24)22(25,17-8-4-2-5-9-17)18-10-6-3-7-11-18/h2-11,16,19-20,25H,12-15H2,1H3. The molecule has 26 heavy (non-hydrogen) atoms. The van der Waals surface area contributed by atoms with Gasteiger partial charge in [-0.3, -0.25) is 0 Å². The highest BCUT2D eigenvalue weighted by Gasteiger charge is 2.45. The van der Waals surface area contributed by atoms with Crippen molar-refractivity contribution in [1.29, 1.82) is 0 Å². The van der Waals surface area contributed by atoms with E-state index in [9.17, 15) is 9.90 Å². The molecule has 2 aliphatic rings. The van der Waals surface area contributed by atoms with Gasteiger partial charge in [0, 0.05) is 12.6 Å². The smallest absolute Gasteiger partial charge is 0.347 e. The van der Waals surface area contributed by atoms with Crippen LogP contribution in [0.4, 0.5) is 0 Å². The van der Waals surface area contributed by atoms with Gasteiger partial charge in [0.05, 0.1) is 0 Å². The van der Waals surface area contributed by atoms with Crippen LogP contribution in [-0.2, 0) is 15.1 Å². The molecule has 1 heterocycles. The molecular formula is C22H25NO3. The molecule has 1 saturated heterocycles. The Bertz CT molecular complexity index is 720. The molecule has 1 aliphatic carbocycles. The van der Waals surface area contributed by atoms with Gasteiger partial charge < -0.3 is 14.7 Å². The molecule has 3 atom stereocenters. The molecule has 2 bridgehead atoms. The minimum absolute atomic E-state index is 0.129. The highest BCUT2D eigenvalue weighted by Crippen LogP contribution is 2.38. The van der Waals surface area contributed by atoms with Crippen molar-refractivity contribution in [3.05, 3.63) is 71.8 Å². The summed E-state index contributed by atoms with van der Waals surface area (Å²) in [6.45, 7) is 1.07. The van der Waals surface area contributed by atoms with E-state index < -0.39 is 11.6 Å². The molecule has 1 saturated carbocycles. The van der Waals surface area contributed by atoms with Crippen molar-refractivity contribution in [2.24, 2.45) is 5.92 Å². The first-order valence-corrected chi connectivity index (χ1v) is 9.32. The average Bonchev–Trinajstić information content (AvgIpc) is 2.94. The second-order valence-electron chi connectivity index (χ2n) is 7.64. The Morgan fingerprint density at radius 1 is 1.00 bits per heavy atom. The number of rotatable bonds is 4. The fraction of sp³-hybridized carbons (Fsp3) is 0.409. The third kappa shape index (κ3) is 3.04. The maximum atomic E-state index is 13.2. The van der Waals surface area contributed by atoms with Gasteiger partial charge in [-0.25, -0.2) is 4.79 Å². The maximum absolute atomic E-state index is 13.2. The van der Waals surface area contributed by atoms with Gasteiger partial charge in [0.2, 0.25) is 5.60 Å². The van der Waals surface area contributed by atoms with Crippen molar-refractivity contribution in [3.63, 3.8) is 0 Å². The number of ether oxygens (including phenoxy) is 1. The topological polar surface area (TPSA) is 49.8 Å². The molecule has 136 valence electrons. The van der Waals surface area contributed by atoms with E-state index in [-0.39, 0.29) is 6.10 Å². The zero-order chi connectivity index (χ0) is 18.1. The number of benzene rings is 2. The lowest BCUT2D eigenvalue weighted by atomic mass is 9.85. The summed E-state index contributed by atoms with van der Waals surface area (Å²) in [5.74, 6) is 0.00180. The highest BCUT2D eigenvalue weighted by atomic mass is 16.6. The number of aliphatic hydroxyl groups is 1. The Morgan fingerprint density at radius 2 is 1.58 bits per heavy atom. The van der Waals surface area contributed by atoms with Gasteiger partial charge >= 0.3 is 5.97 Å². The molecule has 2 fully saturated rings. The van der Waals surface area contributed by atoms with Crippen molar-refractivity contribution in [2.75, 3.05) is 13.6 Å². The predicted molar refractivity (Wildman–Crippen MR) is 99.5 cm³/mol. The van der Waals surface area contributed by atoms with Crippen LogP contribution in [0.25, 0.3) is 0 Å². The monoisotopic (exact) mass is 351 g/mol. The molecule has 2 aromatic rings. The summed E-state index contributed by atoms with van der Waals surface area (Å²) in [7, 11) is 2.14. The van der Waals surface area contributed by atoms with E-state index in [1.54, 1.807) is 24.3 Å². The summed E-state index contributed by atoms with van der Waals surface area (Å²) < 4.78 is 5.88. The molecule has 3 unspecified atom stereocenters. The molecule has 4 heteroatoms. The minimum Gasteiger partial charge on any atom is -0.460 e. The normalized spacial score (nSPS) is 25.8. The Morgan fingerprint density at radius 3 is 2.12 bits per heavy atom. The number of hydrogen-bond acceptors (Lipinski definition) is 4. The lowest BCUT2D eigenvalue weighted by molar-refractivity contribution is -0.170. The van der Waals surface area contributed by atoms with Crippen molar-refractivity contribution in [3.8, 4) is 0 Å². The first-order chi connectivity index (χ1) is 12.6. The minimum atomic E-state index is -1.79. The number of hydrogen-bond donors (Lipinski definition) is 1. The third-order valence-electron chi connectivity index (χ3n) is 5.86. The van der Waals surface area contributed by atoms with Crippen molar-refractivity contribution in [2.45, 2.75) is 37.0 Å². The van der Waals surface area contributed by atoms with E-state index in [1.807, 2.05) is 36.4 Å². The van der Waals surface area contributed by atoms with E-state index >= 15 is 0 Å². The Kier molecular flexibility index (Phi) is 4.55.